The molecule has 1 aromatic rings. The molecule has 100 valence electrons. The number of aryl methyl sites for hydroxylation is 1. The molecule has 0 aliphatic carbocycles. The van der Waals surface area contributed by atoms with Gasteiger partial charge in [-0.3, -0.25) is 9.59 Å². The fraction of sp³-hybridized carbons (Fsp3) is 0.357. The Morgan fingerprint density at radius 2 is 2.16 bits per heavy atom. The van der Waals surface area contributed by atoms with Gasteiger partial charge in [-0.05, 0) is 24.5 Å². The average Bonchev–Trinajstić information content (AvgIpc) is 2.40. The highest BCUT2D eigenvalue weighted by Crippen LogP contribution is 2.20. The van der Waals surface area contributed by atoms with Crippen molar-refractivity contribution in [3.8, 4) is 6.07 Å². The number of hydrogen-bond donors (Lipinski definition) is 2. The van der Waals surface area contributed by atoms with Crippen LogP contribution in [0.25, 0.3) is 0 Å². The Balaban J connectivity index is 0.000000203. The molecule has 1 amide bonds. The van der Waals surface area contributed by atoms with Crippen molar-refractivity contribution in [2.75, 3.05) is 5.32 Å². The van der Waals surface area contributed by atoms with E-state index in [1.165, 1.54) is 5.56 Å². The number of nitrogens with one attached hydrogen (secondary N) is 1. The molecule has 2 rings (SSSR count). The lowest BCUT2D eigenvalue weighted by Crippen LogP contribution is -2.18. The van der Waals surface area contributed by atoms with Crippen molar-refractivity contribution in [1.29, 1.82) is 5.26 Å². The maximum absolute atomic E-state index is 10.9. The lowest BCUT2D eigenvalue weighted by molar-refractivity contribution is -0.139. The standard InChI is InChI=1S/C9H9NO.C5H7NO2/c11-9-6-5-7-3-1-2-4-8(7)10-9;1-2-4(3-6)5(7)8/h1-4H,5-6H2,(H,10,11);4H,2H2,1H3,(H,7,8). The number of fused-ring (bicyclic) bond motifs is 1. The van der Waals surface area contributed by atoms with Crippen LogP contribution in [-0.4, -0.2) is 17.0 Å². The van der Waals surface area contributed by atoms with Crippen molar-refractivity contribution >= 4 is 17.6 Å². The Morgan fingerprint density at radius 3 is 2.68 bits per heavy atom. The fourth-order valence-corrected chi connectivity index (χ4v) is 1.64. The van der Waals surface area contributed by atoms with Crippen LogP contribution in [0.4, 0.5) is 5.69 Å². The smallest absolute Gasteiger partial charge is 0.320 e. The van der Waals surface area contributed by atoms with Gasteiger partial charge in [-0.2, -0.15) is 5.26 Å². The molecule has 1 aliphatic rings. The lowest BCUT2D eigenvalue weighted by Gasteiger charge is -2.15. The van der Waals surface area contributed by atoms with E-state index in [9.17, 15) is 9.59 Å². The van der Waals surface area contributed by atoms with Crippen LogP contribution >= 0.6 is 0 Å². The van der Waals surface area contributed by atoms with Crippen LogP contribution in [0.3, 0.4) is 0 Å². The van der Waals surface area contributed by atoms with E-state index in [0.29, 0.717) is 12.8 Å². The normalized spacial score (nSPS) is 14.0. The van der Waals surface area contributed by atoms with E-state index in [0.717, 1.165) is 12.1 Å². The van der Waals surface area contributed by atoms with Crippen LogP contribution in [0.1, 0.15) is 25.3 Å². The largest absolute Gasteiger partial charge is 0.480 e. The number of hydrogen-bond acceptors (Lipinski definition) is 3. The number of nitrogens with zero attached hydrogens (tertiary/aromatic N) is 1. The Labute approximate surface area is 111 Å². The van der Waals surface area contributed by atoms with Gasteiger partial charge >= 0.3 is 5.97 Å². The van der Waals surface area contributed by atoms with E-state index in [4.69, 9.17) is 10.4 Å². The van der Waals surface area contributed by atoms with Crippen molar-refractivity contribution in [2.24, 2.45) is 5.92 Å². The van der Waals surface area contributed by atoms with Gasteiger partial charge in [0, 0.05) is 12.1 Å². The molecule has 1 aliphatic heterocycles. The first kappa shape index (κ1) is 14.7. The summed E-state index contributed by atoms with van der Waals surface area (Å²) in [5, 5.41) is 19.0. The molecule has 5 nitrogen and oxygen atoms in total. The first-order valence-electron chi connectivity index (χ1n) is 6.08. The first-order chi connectivity index (χ1) is 9.08. The molecule has 1 aromatic carbocycles. The number of carbonyl (C=O) groups is 2. The zero-order chi connectivity index (χ0) is 14.3. The van der Waals surface area contributed by atoms with E-state index in [2.05, 4.69) is 11.4 Å². The van der Waals surface area contributed by atoms with Gasteiger partial charge in [0.2, 0.25) is 5.91 Å². The summed E-state index contributed by atoms with van der Waals surface area (Å²) in [5.74, 6) is -1.73. The summed E-state index contributed by atoms with van der Waals surface area (Å²) in [6.07, 6.45) is 1.88. The minimum Gasteiger partial charge on any atom is -0.480 e. The molecule has 19 heavy (non-hydrogen) atoms. The number of carbonyl (C=O) groups excluding carboxylic acids is 1. The van der Waals surface area contributed by atoms with Crippen LogP contribution < -0.4 is 5.32 Å². The molecule has 0 saturated carbocycles. The van der Waals surface area contributed by atoms with Gasteiger partial charge in [0.25, 0.3) is 0 Å². The number of carboxylic acids is 1. The number of anilines is 1. The third-order valence-electron chi connectivity index (χ3n) is 2.78. The predicted molar refractivity (Wildman–Crippen MR) is 70.4 cm³/mol. The average molecular weight is 260 g/mol. The van der Waals surface area contributed by atoms with Crippen LogP contribution in [-0.2, 0) is 16.0 Å². The molecule has 1 heterocycles. The van der Waals surface area contributed by atoms with Crippen molar-refractivity contribution in [2.45, 2.75) is 26.2 Å². The zero-order valence-electron chi connectivity index (χ0n) is 10.7. The third-order valence-corrected chi connectivity index (χ3v) is 2.78. The number of aliphatic carboxylic acids is 1. The second kappa shape index (κ2) is 7.17. The van der Waals surface area contributed by atoms with Crippen molar-refractivity contribution < 1.29 is 14.7 Å². The van der Waals surface area contributed by atoms with Crippen LogP contribution in [0, 0.1) is 17.2 Å². The summed E-state index contributed by atoms with van der Waals surface area (Å²) in [6, 6.07) is 9.57. The summed E-state index contributed by atoms with van der Waals surface area (Å²) in [5.41, 5.74) is 2.22. The molecule has 1 atom stereocenters. The molecule has 5 heteroatoms. The number of carboxylic acid groups (broad SMARTS) is 1. The fourth-order valence-electron chi connectivity index (χ4n) is 1.64. The van der Waals surface area contributed by atoms with Crippen LogP contribution in [0.5, 0.6) is 0 Å². The Morgan fingerprint density at radius 1 is 1.47 bits per heavy atom. The van der Waals surface area contributed by atoms with E-state index in [1.54, 1.807) is 13.0 Å². The SMILES string of the molecule is CCC(C#N)C(=O)O.O=C1CCc2ccccc2N1. The molecule has 0 radical (unpaired) electrons. The maximum atomic E-state index is 10.9. The molecular weight excluding hydrogens is 244 g/mol. The minimum absolute atomic E-state index is 0.128. The molecule has 0 saturated heterocycles. The van der Waals surface area contributed by atoms with Crippen LogP contribution in [0.2, 0.25) is 0 Å². The molecule has 0 bridgehead atoms. The number of rotatable bonds is 2. The number of para-hydroxylation sites is 1. The van der Waals surface area contributed by atoms with Gasteiger partial charge in [-0.1, -0.05) is 25.1 Å². The monoisotopic (exact) mass is 260 g/mol. The summed E-state index contributed by atoms with van der Waals surface area (Å²) < 4.78 is 0. The number of nitriles is 1. The number of benzene rings is 1. The van der Waals surface area contributed by atoms with Gasteiger partial charge in [-0.25, -0.2) is 0 Å². The second-order valence-corrected chi connectivity index (χ2v) is 4.13. The van der Waals surface area contributed by atoms with E-state index < -0.39 is 11.9 Å². The van der Waals surface area contributed by atoms with Crippen molar-refractivity contribution in [3.05, 3.63) is 29.8 Å². The van der Waals surface area contributed by atoms with Gasteiger partial charge in [0.15, 0.2) is 0 Å². The third kappa shape index (κ3) is 4.43. The van der Waals surface area contributed by atoms with E-state index in [-0.39, 0.29) is 5.91 Å². The predicted octanol–water partition coefficient (Wildman–Crippen LogP) is 2.19. The quantitative estimate of drug-likeness (QED) is 0.852. The lowest BCUT2D eigenvalue weighted by atomic mass is 10.0. The summed E-state index contributed by atoms with van der Waals surface area (Å²) in [6.45, 7) is 1.67. The Bertz CT molecular complexity index is 506. The molecular formula is C14H16N2O3. The molecule has 0 aromatic heterocycles. The van der Waals surface area contributed by atoms with Gasteiger partial charge in [-0.15, -0.1) is 0 Å². The van der Waals surface area contributed by atoms with Crippen molar-refractivity contribution in [1.82, 2.24) is 0 Å². The molecule has 0 spiro atoms. The van der Waals surface area contributed by atoms with Gasteiger partial charge < -0.3 is 10.4 Å². The second-order valence-electron chi connectivity index (χ2n) is 4.13. The summed E-state index contributed by atoms with van der Waals surface area (Å²) >= 11 is 0. The van der Waals surface area contributed by atoms with Gasteiger partial charge in [0.05, 0.1) is 6.07 Å². The Hall–Kier alpha value is -2.35. The highest BCUT2D eigenvalue weighted by atomic mass is 16.4. The summed E-state index contributed by atoms with van der Waals surface area (Å²) in [4.78, 5) is 20.9. The molecule has 2 N–H and O–H groups in total. The zero-order valence-corrected chi connectivity index (χ0v) is 10.7. The maximum Gasteiger partial charge on any atom is 0.320 e. The molecule has 1 unspecified atom stereocenters. The van der Waals surface area contributed by atoms with Crippen molar-refractivity contribution in [3.63, 3.8) is 0 Å². The van der Waals surface area contributed by atoms with E-state index in [1.807, 2.05) is 18.2 Å². The highest BCUT2D eigenvalue weighted by molar-refractivity contribution is 5.93. The Kier molecular flexibility index (Phi) is 5.55. The number of amides is 1. The summed E-state index contributed by atoms with van der Waals surface area (Å²) in [7, 11) is 0. The van der Waals surface area contributed by atoms with E-state index >= 15 is 0 Å². The topological polar surface area (TPSA) is 90.2 Å². The molecule has 0 fully saturated rings. The van der Waals surface area contributed by atoms with Gasteiger partial charge in [0.1, 0.15) is 5.92 Å². The minimum atomic E-state index is -1.03. The van der Waals surface area contributed by atoms with Crippen LogP contribution in [0.15, 0.2) is 24.3 Å². The highest BCUT2D eigenvalue weighted by Gasteiger charge is 2.12. The first-order valence-corrected chi connectivity index (χ1v) is 6.08.